The molecule has 0 spiro atoms. The Morgan fingerprint density at radius 3 is 2.41 bits per heavy atom. The third kappa shape index (κ3) is 5.77. The second kappa shape index (κ2) is 8.39. The van der Waals surface area contributed by atoms with Gasteiger partial charge in [-0.15, -0.1) is 0 Å². The third-order valence-corrected chi connectivity index (χ3v) is 6.26. The lowest BCUT2D eigenvalue weighted by atomic mass is 9.92. The van der Waals surface area contributed by atoms with E-state index in [1.165, 1.54) is 23.5 Å². The minimum Gasteiger partial charge on any atom is -0.469 e. The van der Waals surface area contributed by atoms with Crippen molar-refractivity contribution in [3.05, 3.63) is 24.3 Å². The second-order valence-electron chi connectivity index (χ2n) is 8.04. The Morgan fingerprint density at radius 2 is 1.85 bits per heavy atom. The molecule has 0 aliphatic carbocycles. The topological polar surface area (TPSA) is 92.8 Å². The highest BCUT2D eigenvalue weighted by Crippen LogP contribution is 2.26. The molecule has 0 radical (unpaired) electrons. The van der Waals surface area contributed by atoms with Crippen LogP contribution in [0.15, 0.2) is 29.2 Å². The standard InChI is InChI=1S/C19H28N2O5S/c1-19(2,3)12-17(22)20-15-7-9-16(10-8-15)27(24,25)21-11-5-6-14(13-21)18(23)26-4/h7-10,14H,5-6,11-13H2,1-4H3,(H,20,22)/t14-/m1/s1. The molecule has 1 atom stereocenters. The van der Waals surface area contributed by atoms with Gasteiger partial charge in [0.05, 0.1) is 17.9 Å². The number of hydrogen-bond donors (Lipinski definition) is 1. The Labute approximate surface area is 161 Å². The number of methoxy groups -OCH3 is 1. The zero-order valence-corrected chi connectivity index (χ0v) is 17.1. The number of amides is 1. The van der Waals surface area contributed by atoms with Crippen LogP contribution < -0.4 is 5.32 Å². The van der Waals surface area contributed by atoms with Gasteiger partial charge in [0.15, 0.2) is 0 Å². The maximum atomic E-state index is 12.9. The lowest BCUT2D eigenvalue weighted by Crippen LogP contribution is -2.42. The molecule has 1 aromatic rings. The van der Waals surface area contributed by atoms with Gasteiger partial charge in [0.1, 0.15) is 0 Å². The van der Waals surface area contributed by atoms with E-state index < -0.39 is 15.9 Å². The van der Waals surface area contributed by atoms with Crippen LogP contribution in [0.2, 0.25) is 0 Å². The molecule has 1 aromatic carbocycles. The number of ether oxygens (including phenoxy) is 1. The zero-order chi connectivity index (χ0) is 20.2. The van der Waals surface area contributed by atoms with E-state index in [0.29, 0.717) is 31.5 Å². The minimum absolute atomic E-state index is 0.116. The van der Waals surface area contributed by atoms with Crippen molar-refractivity contribution in [1.29, 1.82) is 0 Å². The molecule has 0 saturated carbocycles. The Bertz CT molecular complexity index is 781. The van der Waals surface area contributed by atoms with Crippen LogP contribution in [0.25, 0.3) is 0 Å². The Kier molecular flexibility index (Phi) is 6.64. The van der Waals surface area contributed by atoms with Gasteiger partial charge in [0.2, 0.25) is 15.9 Å². The summed E-state index contributed by atoms with van der Waals surface area (Å²) in [6, 6.07) is 6.11. The molecule has 1 saturated heterocycles. The number of benzene rings is 1. The molecule has 1 fully saturated rings. The molecule has 1 aliphatic rings. The fourth-order valence-electron chi connectivity index (χ4n) is 3.07. The predicted molar refractivity (Wildman–Crippen MR) is 103 cm³/mol. The van der Waals surface area contributed by atoms with Gasteiger partial charge in [0, 0.05) is 25.2 Å². The predicted octanol–water partition coefficient (Wildman–Crippen LogP) is 2.64. The first-order valence-electron chi connectivity index (χ1n) is 9.01. The first kappa shape index (κ1) is 21.4. The number of hydrogen-bond acceptors (Lipinski definition) is 5. The largest absolute Gasteiger partial charge is 0.469 e. The van der Waals surface area contributed by atoms with Crippen molar-refractivity contribution in [2.45, 2.75) is 44.9 Å². The van der Waals surface area contributed by atoms with Gasteiger partial charge in [-0.05, 0) is 42.5 Å². The van der Waals surface area contributed by atoms with E-state index in [1.54, 1.807) is 12.1 Å². The number of piperidine rings is 1. The van der Waals surface area contributed by atoms with E-state index in [4.69, 9.17) is 4.74 Å². The van der Waals surface area contributed by atoms with Crippen molar-refractivity contribution in [2.24, 2.45) is 11.3 Å². The van der Waals surface area contributed by atoms with Crippen molar-refractivity contribution in [2.75, 3.05) is 25.5 Å². The molecule has 1 N–H and O–H groups in total. The highest BCUT2D eigenvalue weighted by molar-refractivity contribution is 7.89. The maximum Gasteiger partial charge on any atom is 0.309 e. The zero-order valence-electron chi connectivity index (χ0n) is 16.3. The summed E-state index contributed by atoms with van der Waals surface area (Å²) in [5.74, 6) is -0.934. The van der Waals surface area contributed by atoms with Gasteiger partial charge in [-0.25, -0.2) is 8.42 Å². The normalized spacial score (nSPS) is 18.7. The summed E-state index contributed by atoms with van der Waals surface area (Å²) in [4.78, 5) is 23.9. The van der Waals surface area contributed by atoms with Crippen molar-refractivity contribution >= 4 is 27.6 Å². The van der Waals surface area contributed by atoms with Crippen molar-refractivity contribution < 1.29 is 22.7 Å². The summed E-state index contributed by atoms with van der Waals surface area (Å²) in [5, 5.41) is 2.78. The average Bonchev–Trinajstić information content (AvgIpc) is 2.60. The van der Waals surface area contributed by atoms with Gasteiger partial charge in [0.25, 0.3) is 0 Å². The average molecular weight is 397 g/mol. The van der Waals surface area contributed by atoms with Crippen molar-refractivity contribution in [3.63, 3.8) is 0 Å². The molecule has 0 bridgehead atoms. The number of nitrogens with zero attached hydrogens (tertiary/aromatic N) is 1. The SMILES string of the molecule is COC(=O)[C@@H]1CCCN(S(=O)(=O)c2ccc(NC(=O)CC(C)(C)C)cc2)C1. The molecule has 8 heteroatoms. The Morgan fingerprint density at radius 1 is 1.22 bits per heavy atom. The summed E-state index contributed by atoms with van der Waals surface area (Å²) in [5.41, 5.74) is 0.423. The highest BCUT2D eigenvalue weighted by atomic mass is 32.2. The fourth-order valence-corrected chi connectivity index (χ4v) is 4.59. The first-order valence-corrected chi connectivity index (χ1v) is 10.4. The van der Waals surface area contributed by atoms with Gasteiger partial charge in [-0.1, -0.05) is 20.8 Å². The molecule has 0 aromatic heterocycles. The molecule has 1 aliphatic heterocycles. The van der Waals surface area contributed by atoms with E-state index in [1.807, 2.05) is 20.8 Å². The van der Waals surface area contributed by atoms with Gasteiger partial charge in [-0.3, -0.25) is 9.59 Å². The molecule has 7 nitrogen and oxygen atoms in total. The van der Waals surface area contributed by atoms with Crippen LogP contribution >= 0.6 is 0 Å². The highest BCUT2D eigenvalue weighted by Gasteiger charge is 2.33. The van der Waals surface area contributed by atoms with Crippen molar-refractivity contribution in [3.8, 4) is 0 Å². The van der Waals surface area contributed by atoms with Crippen LogP contribution in [0.1, 0.15) is 40.0 Å². The van der Waals surface area contributed by atoms with Crippen molar-refractivity contribution in [1.82, 2.24) is 4.31 Å². The molecule has 27 heavy (non-hydrogen) atoms. The number of carbonyl (C=O) groups is 2. The number of nitrogens with one attached hydrogen (secondary N) is 1. The van der Waals surface area contributed by atoms with E-state index >= 15 is 0 Å². The lowest BCUT2D eigenvalue weighted by Gasteiger charge is -2.30. The monoisotopic (exact) mass is 396 g/mol. The van der Waals surface area contributed by atoms with Gasteiger partial charge in [-0.2, -0.15) is 4.31 Å². The van der Waals surface area contributed by atoms with Gasteiger partial charge < -0.3 is 10.1 Å². The van der Waals surface area contributed by atoms with Crippen LogP contribution in [0.5, 0.6) is 0 Å². The fraction of sp³-hybridized carbons (Fsp3) is 0.579. The molecular weight excluding hydrogens is 368 g/mol. The van der Waals surface area contributed by atoms with Crippen LogP contribution in [0, 0.1) is 11.3 Å². The molecule has 1 heterocycles. The molecular formula is C19H28N2O5S. The number of carbonyl (C=O) groups excluding carboxylic acids is 2. The summed E-state index contributed by atoms with van der Waals surface area (Å²) >= 11 is 0. The Hall–Kier alpha value is -1.93. The van der Waals surface area contributed by atoms with E-state index in [2.05, 4.69) is 5.32 Å². The van der Waals surface area contributed by atoms with Crippen LogP contribution in [-0.4, -0.2) is 44.8 Å². The smallest absolute Gasteiger partial charge is 0.309 e. The summed E-state index contributed by atoms with van der Waals surface area (Å²) in [6.07, 6.45) is 1.60. The minimum atomic E-state index is -3.70. The lowest BCUT2D eigenvalue weighted by molar-refractivity contribution is -0.146. The molecule has 2 rings (SSSR count). The summed E-state index contributed by atoms with van der Waals surface area (Å²) in [7, 11) is -2.39. The van der Waals surface area contributed by atoms with Crippen LogP contribution in [0.4, 0.5) is 5.69 Å². The number of anilines is 1. The van der Waals surface area contributed by atoms with E-state index in [-0.39, 0.29) is 28.7 Å². The summed E-state index contributed by atoms with van der Waals surface area (Å²) < 4.78 is 31.8. The molecule has 0 unspecified atom stereocenters. The van der Waals surface area contributed by atoms with Gasteiger partial charge >= 0.3 is 5.97 Å². The number of sulfonamides is 1. The molecule has 1 amide bonds. The number of esters is 1. The first-order chi connectivity index (χ1) is 12.5. The third-order valence-electron chi connectivity index (χ3n) is 4.39. The number of rotatable bonds is 5. The van der Waals surface area contributed by atoms with E-state index in [9.17, 15) is 18.0 Å². The van der Waals surface area contributed by atoms with Crippen LogP contribution in [-0.2, 0) is 24.3 Å². The quantitative estimate of drug-likeness (QED) is 0.773. The maximum absolute atomic E-state index is 12.9. The summed E-state index contributed by atoms with van der Waals surface area (Å²) in [6.45, 7) is 6.42. The van der Waals surface area contributed by atoms with E-state index in [0.717, 1.165) is 0 Å². The Balaban J connectivity index is 2.08. The molecule has 150 valence electrons. The van der Waals surface area contributed by atoms with Crippen LogP contribution in [0.3, 0.4) is 0 Å². The second-order valence-corrected chi connectivity index (χ2v) is 9.97.